The minimum absolute atomic E-state index is 0. The van der Waals surface area contributed by atoms with Gasteiger partial charge < -0.3 is 20.1 Å². The van der Waals surface area contributed by atoms with Crippen molar-refractivity contribution >= 4 is 18.3 Å². The van der Waals surface area contributed by atoms with E-state index in [9.17, 15) is 4.79 Å². The average Bonchev–Trinajstić information content (AvgIpc) is 2.53. The van der Waals surface area contributed by atoms with Crippen LogP contribution >= 0.6 is 12.4 Å². The zero-order valence-electron chi connectivity index (χ0n) is 13.9. The number of amides is 1. The van der Waals surface area contributed by atoms with Crippen LogP contribution in [0.15, 0.2) is 18.2 Å². The largest absolute Gasteiger partial charge is 0.490 e. The van der Waals surface area contributed by atoms with E-state index in [1.807, 2.05) is 17.9 Å². The summed E-state index contributed by atoms with van der Waals surface area (Å²) < 4.78 is 11.3. The van der Waals surface area contributed by atoms with Crippen LogP contribution in [0.4, 0.5) is 0 Å². The molecule has 6 heteroatoms. The number of halogens is 1. The molecule has 2 rings (SSSR count). The Kier molecular flexibility index (Phi) is 8.20. The summed E-state index contributed by atoms with van der Waals surface area (Å²) in [6.07, 6.45) is 2.87. The second-order valence-electron chi connectivity index (χ2n) is 5.60. The lowest BCUT2D eigenvalue weighted by Gasteiger charge is -2.31. The summed E-state index contributed by atoms with van der Waals surface area (Å²) >= 11 is 0. The van der Waals surface area contributed by atoms with Crippen molar-refractivity contribution in [3.63, 3.8) is 0 Å². The van der Waals surface area contributed by atoms with E-state index in [0.29, 0.717) is 36.8 Å². The fraction of sp³-hybridized carbons (Fsp3) is 0.588. The minimum atomic E-state index is 0. The van der Waals surface area contributed by atoms with E-state index in [-0.39, 0.29) is 24.4 Å². The average molecular weight is 343 g/mol. The number of nitrogens with zero attached hydrogens (tertiary/aromatic N) is 1. The van der Waals surface area contributed by atoms with Gasteiger partial charge in [-0.1, -0.05) is 6.92 Å². The molecule has 0 aromatic heterocycles. The number of carbonyl (C=O) groups excluding carboxylic acids is 1. The van der Waals surface area contributed by atoms with Crippen LogP contribution in [-0.2, 0) is 0 Å². The van der Waals surface area contributed by atoms with Gasteiger partial charge in [-0.3, -0.25) is 4.79 Å². The Bertz CT molecular complexity index is 511. The molecule has 0 spiro atoms. The van der Waals surface area contributed by atoms with Crippen molar-refractivity contribution in [2.24, 2.45) is 5.73 Å². The number of likely N-dealkylation sites (tertiary alicyclic amines) is 1. The smallest absolute Gasteiger partial charge is 0.254 e. The summed E-state index contributed by atoms with van der Waals surface area (Å²) in [5, 5.41) is 0. The number of piperidine rings is 1. The zero-order valence-corrected chi connectivity index (χ0v) is 14.7. The van der Waals surface area contributed by atoms with Gasteiger partial charge in [-0.2, -0.15) is 0 Å². The van der Waals surface area contributed by atoms with Gasteiger partial charge in [0.2, 0.25) is 0 Å². The summed E-state index contributed by atoms with van der Waals surface area (Å²) in [6.45, 7) is 6.53. The molecule has 1 atom stereocenters. The molecular weight excluding hydrogens is 316 g/mol. The standard InChI is InChI=1S/C17H26N2O3.ClH/c1-3-10-22-15-8-7-13(11-16(15)21-4-2)17(20)19-9-5-6-14(18)12-19;/h7-8,11,14H,3-6,9-10,12,18H2,1-2H3;1H. The third-order valence-corrected chi connectivity index (χ3v) is 3.70. The van der Waals surface area contributed by atoms with Crippen molar-refractivity contribution < 1.29 is 14.3 Å². The third kappa shape index (κ3) is 5.29. The Hall–Kier alpha value is -1.46. The summed E-state index contributed by atoms with van der Waals surface area (Å²) in [6, 6.07) is 5.47. The second-order valence-corrected chi connectivity index (χ2v) is 5.60. The van der Waals surface area contributed by atoms with Gasteiger partial charge in [-0.15, -0.1) is 12.4 Å². The summed E-state index contributed by atoms with van der Waals surface area (Å²) in [5.74, 6) is 1.33. The van der Waals surface area contributed by atoms with Gasteiger partial charge in [-0.05, 0) is 44.4 Å². The first-order valence-corrected chi connectivity index (χ1v) is 8.10. The molecule has 1 fully saturated rings. The highest BCUT2D eigenvalue weighted by Crippen LogP contribution is 2.29. The van der Waals surface area contributed by atoms with Crippen LogP contribution in [0.1, 0.15) is 43.5 Å². The van der Waals surface area contributed by atoms with Crippen LogP contribution in [0.25, 0.3) is 0 Å². The summed E-state index contributed by atoms with van der Waals surface area (Å²) in [4.78, 5) is 14.4. The number of hydrogen-bond acceptors (Lipinski definition) is 4. The Morgan fingerprint density at radius 2 is 2.09 bits per heavy atom. The number of nitrogens with two attached hydrogens (primary N) is 1. The molecule has 0 bridgehead atoms. The zero-order chi connectivity index (χ0) is 15.9. The molecule has 1 aromatic carbocycles. The van der Waals surface area contributed by atoms with Crippen LogP contribution in [0, 0.1) is 0 Å². The van der Waals surface area contributed by atoms with Gasteiger partial charge in [-0.25, -0.2) is 0 Å². The number of rotatable bonds is 6. The molecule has 1 heterocycles. The van der Waals surface area contributed by atoms with Gasteiger partial charge >= 0.3 is 0 Å². The van der Waals surface area contributed by atoms with E-state index in [4.69, 9.17) is 15.2 Å². The van der Waals surface area contributed by atoms with Gasteiger partial charge in [0, 0.05) is 24.7 Å². The van der Waals surface area contributed by atoms with E-state index in [2.05, 4.69) is 6.92 Å². The van der Waals surface area contributed by atoms with Crippen molar-refractivity contribution in [3.05, 3.63) is 23.8 Å². The highest BCUT2D eigenvalue weighted by atomic mass is 35.5. The molecule has 0 saturated carbocycles. The van der Waals surface area contributed by atoms with Crippen molar-refractivity contribution in [1.29, 1.82) is 0 Å². The minimum Gasteiger partial charge on any atom is -0.490 e. The molecule has 1 unspecified atom stereocenters. The predicted molar refractivity (Wildman–Crippen MR) is 93.8 cm³/mol. The quantitative estimate of drug-likeness (QED) is 0.863. The van der Waals surface area contributed by atoms with Crippen LogP contribution in [0.2, 0.25) is 0 Å². The van der Waals surface area contributed by atoms with Gasteiger partial charge in [0.25, 0.3) is 5.91 Å². The Morgan fingerprint density at radius 3 is 2.74 bits per heavy atom. The molecule has 0 radical (unpaired) electrons. The van der Waals surface area contributed by atoms with Crippen molar-refractivity contribution in [2.75, 3.05) is 26.3 Å². The van der Waals surface area contributed by atoms with Crippen LogP contribution in [0.5, 0.6) is 11.5 Å². The summed E-state index contributed by atoms with van der Waals surface area (Å²) in [5.41, 5.74) is 6.59. The van der Waals surface area contributed by atoms with Crippen LogP contribution in [0.3, 0.4) is 0 Å². The molecule has 2 N–H and O–H groups in total. The SMILES string of the molecule is CCCOc1ccc(C(=O)N2CCCC(N)C2)cc1OCC.Cl. The van der Waals surface area contributed by atoms with Crippen molar-refractivity contribution in [3.8, 4) is 11.5 Å². The Balaban J connectivity index is 0.00000264. The van der Waals surface area contributed by atoms with E-state index in [0.717, 1.165) is 25.8 Å². The van der Waals surface area contributed by atoms with E-state index in [1.54, 1.807) is 12.1 Å². The summed E-state index contributed by atoms with van der Waals surface area (Å²) in [7, 11) is 0. The monoisotopic (exact) mass is 342 g/mol. The van der Waals surface area contributed by atoms with E-state index in [1.165, 1.54) is 0 Å². The molecule has 1 aromatic rings. The van der Waals surface area contributed by atoms with Gasteiger partial charge in [0.05, 0.1) is 13.2 Å². The first-order chi connectivity index (χ1) is 10.7. The molecule has 1 saturated heterocycles. The lowest BCUT2D eigenvalue weighted by Crippen LogP contribution is -2.45. The normalized spacial score (nSPS) is 17.3. The molecular formula is C17H27ClN2O3. The highest BCUT2D eigenvalue weighted by Gasteiger charge is 2.23. The molecule has 1 amide bonds. The first-order valence-electron chi connectivity index (χ1n) is 8.10. The van der Waals surface area contributed by atoms with Crippen LogP contribution < -0.4 is 15.2 Å². The maximum atomic E-state index is 12.6. The van der Waals surface area contributed by atoms with Crippen molar-refractivity contribution in [2.45, 2.75) is 39.2 Å². The number of benzene rings is 1. The lowest BCUT2D eigenvalue weighted by atomic mass is 10.1. The Morgan fingerprint density at radius 1 is 1.30 bits per heavy atom. The third-order valence-electron chi connectivity index (χ3n) is 3.70. The fourth-order valence-electron chi connectivity index (χ4n) is 2.62. The maximum Gasteiger partial charge on any atom is 0.254 e. The highest BCUT2D eigenvalue weighted by molar-refractivity contribution is 5.95. The Labute approximate surface area is 144 Å². The molecule has 23 heavy (non-hydrogen) atoms. The number of hydrogen-bond donors (Lipinski definition) is 1. The van der Waals surface area contributed by atoms with E-state index >= 15 is 0 Å². The number of carbonyl (C=O) groups is 1. The van der Waals surface area contributed by atoms with Gasteiger partial charge in [0.1, 0.15) is 0 Å². The molecule has 1 aliphatic rings. The number of ether oxygens (including phenoxy) is 2. The van der Waals surface area contributed by atoms with E-state index < -0.39 is 0 Å². The first kappa shape index (κ1) is 19.6. The molecule has 5 nitrogen and oxygen atoms in total. The maximum absolute atomic E-state index is 12.6. The molecule has 130 valence electrons. The lowest BCUT2D eigenvalue weighted by molar-refractivity contribution is 0.0708. The topological polar surface area (TPSA) is 64.8 Å². The predicted octanol–water partition coefficient (Wildman–Crippen LogP) is 2.86. The second kappa shape index (κ2) is 9.63. The fourth-order valence-corrected chi connectivity index (χ4v) is 2.62. The van der Waals surface area contributed by atoms with Gasteiger partial charge in [0.15, 0.2) is 11.5 Å². The van der Waals surface area contributed by atoms with Crippen molar-refractivity contribution in [1.82, 2.24) is 4.90 Å². The van der Waals surface area contributed by atoms with Crippen LogP contribution in [-0.4, -0.2) is 43.2 Å². The molecule has 0 aliphatic carbocycles. The molecule has 1 aliphatic heterocycles.